The van der Waals surface area contributed by atoms with E-state index in [-0.39, 0.29) is 17.7 Å². The van der Waals surface area contributed by atoms with Gasteiger partial charge in [-0.25, -0.2) is 0 Å². The van der Waals surface area contributed by atoms with Crippen molar-refractivity contribution in [1.29, 1.82) is 0 Å². The molecule has 3 aliphatic heterocycles. The number of hydrogen-bond acceptors (Lipinski definition) is 6. The van der Waals surface area contributed by atoms with Crippen molar-refractivity contribution in [2.24, 2.45) is 0 Å². The number of nitrogens with zero attached hydrogens (tertiary/aromatic N) is 4. The Balaban J connectivity index is 1.45. The number of methoxy groups -OCH3 is 2. The van der Waals surface area contributed by atoms with Crippen molar-refractivity contribution in [3.05, 3.63) is 53.1 Å². The van der Waals surface area contributed by atoms with Gasteiger partial charge in [0.15, 0.2) is 11.5 Å². The molecule has 2 aromatic rings. The van der Waals surface area contributed by atoms with Crippen LogP contribution in [0, 0.1) is 0 Å². The number of rotatable bonds is 6. The number of amides is 3. The molecule has 3 amide bonds. The van der Waals surface area contributed by atoms with E-state index in [1.807, 2.05) is 17.0 Å². The Bertz CT molecular complexity index is 1170. The van der Waals surface area contributed by atoms with E-state index in [0.29, 0.717) is 53.3 Å². The summed E-state index contributed by atoms with van der Waals surface area (Å²) in [4.78, 5) is 47.5. The highest BCUT2D eigenvalue weighted by molar-refractivity contribution is 6.18. The Hall–Kier alpha value is -3.59. The molecule has 0 bridgehead atoms. The van der Waals surface area contributed by atoms with Crippen molar-refractivity contribution in [1.82, 2.24) is 14.7 Å². The molecule has 9 heteroatoms. The molecule has 0 spiro atoms. The van der Waals surface area contributed by atoms with Gasteiger partial charge in [0.1, 0.15) is 6.17 Å². The molecule has 1 saturated heterocycles. The summed E-state index contributed by atoms with van der Waals surface area (Å²) in [5.41, 5.74) is 2.15. The lowest BCUT2D eigenvalue weighted by Gasteiger charge is -2.41. The van der Waals surface area contributed by atoms with Crippen LogP contribution in [-0.4, -0.2) is 86.4 Å². The largest absolute Gasteiger partial charge is 0.493 e. The normalized spacial score (nSPS) is 19.4. The molecule has 0 saturated carbocycles. The van der Waals surface area contributed by atoms with Crippen molar-refractivity contribution < 1.29 is 23.9 Å². The van der Waals surface area contributed by atoms with Crippen LogP contribution in [0.2, 0.25) is 0 Å². The number of carbonyl (C=O) groups is 3. The fraction of sp³-hybridized carbons (Fsp3) is 0.423. The Kier molecular flexibility index (Phi) is 6.10. The number of anilines is 1. The van der Waals surface area contributed by atoms with Crippen molar-refractivity contribution in [3.63, 3.8) is 0 Å². The molecule has 3 aliphatic rings. The third-order valence-electron chi connectivity index (χ3n) is 7.13. The van der Waals surface area contributed by atoms with Gasteiger partial charge in [-0.1, -0.05) is 18.2 Å². The minimum Gasteiger partial charge on any atom is -0.493 e. The average Bonchev–Trinajstić information content (AvgIpc) is 3.18. The van der Waals surface area contributed by atoms with Gasteiger partial charge in [-0.15, -0.1) is 0 Å². The molecule has 3 heterocycles. The van der Waals surface area contributed by atoms with Crippen molar-refractivity contribution in [2.45, 2.75) is 19.0 Å². The third kappa shape index (κ3) is 3.80. The molecular formula is C26H30N4O5. The number of ether oxygens (including phenoxy) is 2. The van der Waals surface area contributed by atoms with Crippen LogP contribution in [0.3, 0.4) is 0 Å². The number of likely N-dealkylation sites (N-methyl/N-ethyl adjacent to an activating group) is 1. The van der Waals surface area contributed by atoms with Gasteiger partial charge < -0.3 is 24.2 Å². The van der Waals surface area contributed by atoms with Crippen LogP contribution in [0.4, 0.5) is 5.69 Å². The fourth-order valence-corrected chi connectivity index (χ4v) is 5.27. The second-order valence-corrected chi connectivity index (χ2v) is 9.12. The molecule has 0 N–H and O–H groups in total. The van der Waals surface area contributed by atoms with E-state index in [9.17, 15) is 14.4 Å². The van der Waals surface area contributed by atoms with Crippen LogP contribution < -0.4 is 14.4 Å². The van der Waals surface area contributed by atoms with Gasteiger partial charge in [-0.2, -0.15) is 0 Å². The standard InChI is InChI=1S/C26H30N4O5/c1-27-13-15-28(16-14-27)21(31)9-6-12-29-24-18-10-11-20(34-2)23(35-3)22(18)26(33)30(24)19-8-5-4-7-17(19)25(29)32/h4-5,7-8,10-11,24H,6,9,12-16H2,1-3H3. The van der Waals surface area contributed by atoms with Crippen molar-refractivity contribution in [2.75, 3.05) is 58.9 Å². The maximum atomic E-state index is 13.7. The van der Waals surface area contributed by atoms with E-state index >= 15 is 0 Å². The van der Waals surface area contributed by atoms with Gasteiger partial charge in [0.25, 0.3) is 11.8 Å². The predicted molar refractivity (Wildman–Crippen MR) is 130 cm³/mol. The lowest BCUT2D eigenvalue weighted by molar-refractivity contribution is -0.132. The summed E-state index contributed by atoms with van der Waals surface area (Å²) in [6.07, 6.45) is 0.271. The molecule has 0 radical (unpaired) electrons. The van der Waals surface area contributed by atoms with Crippen LogP contribution in [0.5, 0.6) is 11.5 Å². The Morgan fingerprint density at radius 1 is 0.971 bits per heavy atom. The first kappa shape index (κ1) is 23.2. The molecule has 1 atom stereocenters. The zero-order valence-corrected chi connectivity index (χ0v) is 20.3. The summed E-state index contributed by atoms with van der Waals surface area (Å²) in [7, 11) is 5.09. The summed E-state index contributed by atoms with van der Waals surface area (Å²) in [5, 5.41) is 0. The average molecular weight is 479 g/mol. The molecule has 0 aromatic heterocycles. The van der Waals surface area contributed by atoms with E-state index in [2.05, 4.69) is 11.9 Å². The molecule has 9 nitrogen and oxygen atoms in total. The molecule has 1 unspecified atom stereocenters. The van der Waals surface area contributed by atoms with Crippen molar-refractivity contribution in [3.8, 4) is 11.5 Å². The van der Waals surface area contributed by atoms with E-state index < -0.39 is 6.17 Å². The number of piperazine rings is 1. The van der Waals surface area contributed by atoms with Crippen LogP contribution in [0.25, 0.3) is 0 Å². The summed E-state index contributed by atoms with van der Waals surface area (Å²) in [6.45, 7) is 3.55. The summed E-state index contributed by atoms with van der Waals surface area (Å²) in [6, 6.07) is 10.7. The summed E-state index contributed by atoms with van der Waals surface area (Å²) >= 11 is 0. The zero-order valence-electron chi connectivity index (χ0n) is 20.3. The van der Waals surface area contributed by atoms with E-state index in [1.165, 1.54) is 14.2 Å². The molecular weight excluding hydrogens is 448 g/mol. The quantitative estimate of drug-likeness (QED) is 0.634. The number of hydrogen-bond donors (Lipinski definition) is 0. The smallest absolute Gasteiger partial charge is 0.264 e. The maximum Gasteiger partial charge on any atom is 0.264 e. The third-order valence-corrected chi connectivity index (χ3v) is 7.13. The molecule has 184 valence electrons. The number of fused-ring (bicyclic) bond motifs is 5. The highest BCUT2D eigenvalue weighted by Gasteiger charge is 2.49. The molecule has 35 heavy (non-hydrogen) atoms. The number of para-hydroxylation sites is 1. The van der Waals surface area contributed by atoms with Gasteiger partial charge >= 0.3 is 0 Å². The van der Waals surface area contributed by atoms with E-state index in [4.69, 9.17) is 9.47 Å². The van der Waals surface area contributed by atoms with Crippen molar-refractivity contribution >= 4 is 23.4 Å². The summed E-state index contributed by atoms with van der Waals surface area (Å²) in [5.74, 6) is 0.542. The lowest BCUT2D eigenvalue weighted by atomic mass is 10.0. The van der Waals surface area contributed by atoms with E-state index in [0.717, 1.165) is 26.2 Å². The van der Waals surface area contributed by atoms with Gasteiger partial charge in [-0.3, -0.25) is 19.3 Å². The maximum absolute atomic E-state index is 13.7. The Labute approximate surface area is 204 Å². The lowest BCUT2D eigenvalue weighted by Crippen LogP contribution is -2.49. The number of benzene rings is 2. The minimum absolute atomic E-state index is 0.106. The second-order valence-electron chi connectivity index (χ2n) is 9.12. The molecule has 2 aromatic carbocycles. The van der Waals surface area contributed by atoms with Crippen LogP contribution in [0.15, 0.2) is 36.4 Å². The Morgan fingerprint density at radius 2 is 1.71 bits per heavy atom. The summed E-state index contributed by atoms with van der Waals surface area (Å²) < 4.78 is 11.0. The monoisotopic (exact) mass is 478 g/mol. The SMILES string of the molecule is COc1ccc2c(c1OC)C(=O)N1c3ccccc3C(=O)N(CCCC(=O)N3CCN(C)CC3)C21. The zero-order chi connectivity index (χ0) is 24.7. The first-order valence-electron chi connectivity index (χ1n) is 11.9. The minimum atomic E-state index is -0.599. The van der Waals surface area contributed by atoms with Crippen LogP contribution in [-0.2, 0) is 4.79 Å². The van der Waals surface area contributed by atoms with E-state index in [1.54, 1.807) is 34.1 Å². The van der Waals surface area contributed by atoms with Crippen LogP contribution >= 0.6 is 0 Å². The second kappa shape index (κ2) is 9.22. The topological polar surface area (TPSA) is 82.6 Å². The fourth-order valence-electron chi connectivity index (χ4n) is 5.27. The van der Waals surface area contributed by atoms with Gasteiger partial charge in [0.05, 0.1) is 31.0 Å². The predicted octanol–water partition coefficient (Wildman–Crippen LogP) is 2.37. The Morgan fingerprint density at radius 3 is 2.43 bits per heavy atom. The first-order valence-corrected chi connectivity index (χ1v) is 11.9. The van der Waals surface area contributed by atoms with Gasteiger partial charge in [-0.05, 0) is 31.7 Å². The molecule has 0 aliphatic carbocycles. The number of carbonyl (C=O) groups excluding carboxylic acids is 3. The van der Waals surface area contributed by atoms with Crippen LogP contribution in [0.1, 0.15) is 45.3 Å². The highest BCUT2D eigenvalue weighted by atomic mass is 16.5. The molecule has 5 rings (SSSR count). The molecule has 1 fully saturated rings. The van der Waals surface area contributed by atoms with Gasteiger partial charge in [0, 0.05) is 44.7 Å². The van der Waals surface area contributed by atoms with Gasteiger partial charge in [0.2, 0.25) is 5.91 Å². The highest BCUT2D eigenvalue weighted by Crippen LogP contribution is 2.49. The first-order chi connectivity index (χ1) is 17.0.